The molecule has 0 aliphatic rings. The van der Waals surface area contributed by atoms with Crippen molar-refractivity contribution in [3.05, 3.63) is 87.8 Å². The Hall–Kier alpha value is -3.63. The molecular formula is C30H31ClF4N4O2. The highest BCUT2D eigenvalue weighted by molar-refractivity contribution is 6.31. The zero-order valence-corrected chi connectivity index (χ0v) is 23.5. The molecule has 11 heteroatoms. The Morgan fingerprint density at radius 1 is 1.07 bits per heavy atom. The van der Waals surface area contributed by atoms with Gasteiger partial charge in [0.1, 0.15) is 11.5 Å². The fourth-order valence-corrected chi connectivity index (χ4v) is 5.05. The van der Waals surface area contributed by atoms with Gasteiger partial charge in [-0.1, -0.05) is 36.6 Å². The number of ether oxygens (including phenoxy) is 1. The van der Waals surface area contributed by atoms with Gasteiger partial charge in [-0.2, -0.15) is 13.2 Å². The second kappa shape index (κ2) is 12.9. The Kier molecular flexibility index (Phi) is 9.55. The molecule has 0 saturated heterocycles. The molecule has 0 radical (unpaired) electrons. The van der Waals surface area contributed by atoms with Crippen molar-refractivity contribution in [1.29, 1.82) is 0 Å². The number of carbonyl (C=O) groups is 1. The number of amides is 1. The Balaban J connectivity index is 1.79. The molecule has 0 saturated carbocycles. The van der Waals surface area contributed by atoms with Crippen LogP contribution in [-0.4, -0.2) is 40.4 Å². The molecule has 2 N–H and O–H groups in total. The molecule has 4 aromatic rings. The van der Waals surface area contributed by atoms with Crippen molar-refractivity contribution < 1.29 is 27.1 Å². The molecule has 6 nitrogen and oxygen atoms in total. The molecule has 0 unspecified atom stereocenters. The minimum Gasteiger partial charge on any atom is -0.482 e. The summed E-state index contributed by atoms with van der Waals surface area (Å²) >= 11 is 5.98. The summed E-state index contributed by atoms with van der Waals surface area (Å²) in [4.78, 5) is 20.4. The summed E-state index contributed by atoms with van der Waals surface area (Å²) in [5.74, 6) is -0.392. The number of hydrogen-bond donors (Lipinski definition) is 1. The van der Waals surface area contributed by atoms with E-state index in [1.807, 2.05) is 0 Å². The van der Waals surface area contributed by atoms with E-state index in [2.05, 4.69) is 4.98 Å². The molecule has 2 aromatic heterocycles. The van der Waals surface area contributed by atoms with Crippen molar-refractivity contribution in [2.75, 3.05) is 20.2 Å². The molecule has 0 atom stereocenters. The molecule has 2 aromatic carbocycles. The molecule has 0 aliphatic heterocycles. The summed E-state index contributed by atoms with van der Waals surface area (Å²) < 4.78 is 61.3. The van der Waals surface area contributed by atoms with Crippen LogP contribution in [0.2, 0.25) is 5.02 Å². The van der Waals surface area contributed by atoms with Crippen molar-refractivity contribution in [2.24, 2.45) is 5.73 Å². The third-order valence-electron chi connectivity index (χ3n) is 6.83. The molecule has 4 rings (SSSR count). The normalized spacial score (nSPS) is 11.7. The van der Waals surface area contributed by atoms with Gasteiger partial charge in [-0.05, 0) is 79.9 Å². The quantitative estimate of drug-likeness (QED) is 0.147. The number of benzene rings is 2. The first-order valence-electron chi connectivity index (χ1n) is 13.2. The van der Waals surface area contributed by atoms with Gasteiger partial charge in [0.2, 0.25) is 0 Å². The minimum absolute atomic E-state index is 0.0144. The van der Waals surface area contributed by atoms with E-state index >= 15 is 0 Å². The molecule has 218 valence electrons. The summed E-state index contributed by atoms with van der Waals surface area (Å²) in [7, 11) is 1.50. The van der Waals surface area contributed by atoms with Crippen LogP contribution in [0.5, 0.6) is 5.88 Å². The maximum Gasteiger partial charge on any atom is 0.417 e. The van der Waals surface area contributed by atoms with E-state index in [4.69, 9.17) is 22.1 Å². The summed E-state index contributed by atoms with van der Waals surface area (Å²) in [5.41, 5.74) is 7.04. The molecule has 0 fully saturated rings. The first-order valence-corrected chi connectivity index (χ1v) is 13.6. The molecule has 2 heterocycles. The maximum atomic E-state index is 14.2. The van der Waals surface area contributed by atoms with Gasteiger partial charge >= 0.3 is 6.18 Å². The van der Waals surface area contributed by atoms with Gasteiger partial charge in [-0.3, -0.25) is 9.20 Å². The summed E-state index contributed by atoms with van der Waals surface area (Å²) in [6.07, 6.45) is -1.38. The SMILES string of the molecule is COc1cccc2nc(C(=O)N(CCCCCCN)Cc3ccc(C(F)(F)F)c(Cl)c3)c(-c3ccc(F)c(C)c3)n12. The van der Waals surface area contributed by atoms with Crippen molar-refractivity contribution in [1.82, 2.24) is 14.3 Å². The number of aromatic nitrogens is 2. The monoisotopic (exact) mass is 590 g/mol. The smallest absolute Gasteiger partial charge is 0.417 e. The van der Waals surface area contributed by atoms with Crippen LogP contribution in [0.1, 0.15) is 52.9 Å². The van der Waals surface area contributed by atoms with E-state index in [0.29, 0.717) is 53.4 Å². The Labute approximate surface area is 240 Å². The van der Waals surface area contributed by atoms with E-state index in [1.165, 1.54) is 25.3 Å². The van der Waals surface area contributed by atoms with Gasteiger partial charge in [0, 0.05) is 18.7 Å². The van der Waals surface area contributed by atoms with Crippen LogP contribution in [0, 0.1) is 12.7 Å². The van der Waals surface area contributed by atoms with Gasteiger partial charge in [-0.15, -0.1) is 0 Å². The van der Waals surface area contributed by atoms with Crippen LogP contribution in [0.3, 0.4) is 0 Å². The van der Waals surface area contributed by atoms with Crippen LogP contribution >= 0.6 is 11.6 Å². The van der Waals surface area contributed by atoms with Crippen LogP contribution < -0.4 is 10.5 Å². The highest BCUT2D eigenvalue weighted by Crippen LogP contribution is 2.36. The summed E-state index contributed by atoms with van der Waals surface area (Å²) in [5, 5.41) is -0.440. The van der Waals surface area contributed by atoms with E-state index in [9.17, 15) is 22.4 Å². The lowest BCUT2D eigenvalue weighted by atomic mass is 10.1. The molecule has 1 amide bonds. The van der Waals surface area contributed by atoms with Crippen molar-refractivity contribution in [2.45, 2.75) is 45.3 Å². The van der Waals surface area contributed by atoms with Crippen LogP contribution in [0.15, 0.2) is 54.6 Å². The second-order valence-corrected chi connectivity index (χ2v) is 10.2. The Morgan fingerprint density at radius 3 is 2.49 bits per heavy atom. The number of fused-ring (bicyclic) bond motifs is 1. The van der Waals surface area contributed by atoms with Crippen molar-refractivity contribution >= 4 is 23.2 Å². The molecule has 0 bridgehead atoms. The van der Waals surface area contributed by atoms with Gasteiger partial charge in [-0.25, -0.2) is 9.37 Å². The largest absolute Gasteiger partial charge is 0.482 e. The highest BCUT2D eigenvalue weighted by atomic mass is 35.5. The fourth-order valence-electron chi connectivity index (χ4n) is 4.74. The summed E-state index contributed by atoms with van der Waals surface area (Å²) in [6, 6.07) is 13.2. The van der Waals surface area contributed by atoms with Crippen molar-refractivity contribution in [3.8, 4) is 17.1 Å². The van der Waals surface area contributed by atoms with Gasteiger partial charge in [0.05, 0.1) is 23.4 Å². The van der Waals surface area contributed by atoms with E-state index < -0.39 is 22.7 Å². The number of aryl methyl sites for hydroxylation is 1. The summed E-state index contributed by atoms with van der Waals surface area (Å²) in [6.45, 7) is 2.54. The number of alkyl halides is 3. The maximum absolute atomic E-state index is 14.2. The molecule has 41 heavy (non-hydrogen) atoms. The Bertz CT molecular complexity index is 1540. The van der Waals surface area contributed by atoms with Gasteiger partial charge < -0.3 is 15.4 Å². The number of carbonyl (C=O) groups excluding carboxylic acids is 1. The van der Waals surface area contributed by atoms with Gasteiger partial charge in [0.25, 0.3) is 5.91 Å². The predicted molar refractivity (Wildman–Crippen MR) is 151 cm³/mol. The molecule has 0 aliphatic carbocycles. The molecular weight excluding hydrogens is 560 g/mol. The lowest BCUT2D eigenvalue weighted by molar-refractivity contribution is -0.137. The number of rotatable bonds is 11. The zero-order valence-electron chi connectivity index (χ0n) is 22.8. The molecule has 0 spiro atoms. The lowest BCUT2D eigenvalue weighted by Gasteiger charge is -2.23. The first-order chi connectivity index (χ1) is 19.5. The standard InChI is InChI=1S/C30H31ClF4N4O2/c1-19-16-21(11-13-24(19)32)28-27(37-25-8-7-9-26(41-2)39(25)28)29(40)38(15-6-4-3-5-14-36)18-20-10-12-22(23(31)17-20)30(33,34)35/h7-13,16-17H,3-6,14-15,18,36H2,1-2H3. The predicted octanol–water partition coefficient (Wildman–Crippen LogP) is 7.29. The number of pyridine rings is 1. The number of unbranched alkanes of at least 4 members (excludes halogenated alkanes) is 3. The van der Waals surface area contributed by atoms with Gasteiger partial charge in [0.15, 0.2) is 11.6 Å². The number of nitrogens with two attached hydrogens (primary N) is 1. The number of methoxy groups -OCH3 is 1. The van der Waals surface area contributed by atoms with Crippen molar-refractivity contribution in [3.63, 3.8) is 0 Å². The van der Waals surface area contributed by atoms with Crippen LogP contribution in [0.4, 0.5) is 17.6 Å². The average molecular weight is 591 g/mol. The van der Waals surface area contributed by atoms with E-state index in [1.54, 1.807) is 46.6 Å². The highest BCUT2D eigenvalue weighted by Gasteiger charge is 2.33. The van der Waals surface area contributed by atoms with Crippen LogP contribution in [-0.2, 0) is 12.7 Å². The first kappa shape index (κ1) is 30.3. The number of hydrogen-bond acceptors (Lipinski definition) is 4. The number of halogens is 5. The van der Waals surface area contributed by atoms with E-state index in [-0.39, 0.29) is 18.1 Å². The Morgan fingerprint density at radius 2 is 1.83 bits per heavy atom. The number of imidazole rings is 1. The second-order valence-electron chi connectivity index (χ2n) is 9.78. The average Bonchev–Trinajstić information content (AvgIpc) is 3.32. The number of nitrogens with zero attached hydrogens (tertiary/aromatic N) is 3. The zero-order chi connectivity index (χ0) is 29.7. The minimum atomic E-state index is -4.59. The third kappa shape index (κ3) is 6.82. The lowest BCUT2D eigenvalue weighted by Crippen LogP contribution is -2.32. The third-order valence-corrected chi connectivity index (χ3v) is 7.15. The van der Waals surface area contributed by atoms with Crippen LogP contribution in [0.25, 0.3) is 16.9 Å². The topological polar surface area (TPSA) is 72.9 Å². The fraction of sp³-hybridized carbons (Fsp3) is 0.333. The van der Waals surface area contributed by atoms with E-state index in [0.717, 1.165) is 25.3 Å².